The summed E-state index contributed by atoms with van der Waals surface area (Å²) in [7, 11) is 3.48. The van der Waals surface area contributed by atoms with Crippen LogP contribution in [0.2, 0.25) is 0 Å². The molecule has 0 fully saturated rings. The molecule has 2 aromatic rings. The number of nitrogens with zero attached hydrogens (tertiary/aromatic N) is 5. The number of carbonyl (C=O) groups is 1. The molecule has 0 bridgehead atoms. The number of ether oxygens (including phenoxy) is 1. The van der Waals surface area contributed by atoms with Crippen LogP contribution < -0.4 is 0 Å². The first-order chi connectivity index (χ1) is 12.1. The first kappa shape index (κ1) is 17.6. The van der Waals surface area contributed by atoms with E-state index in [1.807, 2.05) is 35.3 Å². The van der Waals surface area contributed by atoms with Gasteiger partial charge in [0.2, 0.25) is 5.91 Å². The standard InChI is InChI=1S/C18H25N5O2/c1-21(2)18(24)14-25-13-15-9-22(11-16-5-3-4-7-19-16)12-17-6-8-20-23(17)10-15/h3-8,15H,9-14H2,1-2H3/t15-/m1/s1. The Kier molecular flexibility index (Phi) is 5.78. The Morgan fingerprint density at radius 2 is 2.16 bits per heavy atom. The quantitative estimate of drug-likeness (QED) is 0.783. The van der Waals surface area contributed by atoms with Crippen LogP contribution in [0.4, 0.5) is 0 Å². The molecule has 0 saturated heterocycles. The molecular weight excluding hydrogens is 318 g/mol. The Labute approximate surface area is 148 Å². The van der Waals surface area contributed by atoms with Gasteiger partial charge in [0.25, 0.3) is 0 Å². The Balaban J connectivity index is 1.63. The Hall–Kier alpha value is -2.25. The molecule has 0 N–H and O–H groups in total. The molecule has 134 valence electrons. The van der Waals surface area contributed by atoms with E-state index in [1.54, 1.807) is 19.0 Å². The second-order valence-corrected chi connectivity index (χ2v) is 6.66. The fourth-order valence-corrected chi connectivity index (χ4v) is 3.01. The zero-order valence-electron chi connectivity index (χ0n) is 14.8. The van der Waals surface area contributed by atoms with Crippen molar-refractivity contribution >= 4 is 5.91 Å². The molecule has 25 heavy (non-hydrogen) atoms. The molecule has 3 heterocycles. The average molecular weight is 343 g/mol. The van der Waals surface area contributed by atoms with E-state index in [4.69, 9.17) is 4.74 Å². The molecule has 7 heteroatoms. The van der Waals surface area contributed by atoms with E-state index in [2.05, 4.69) is 21.0 Å². The molecule has 0 aliphatic carbocycles. The van der Waals surface area contributed by atoms with Gasteiger partial charge >= 0.3 is 0 Å². The van der Waals surface area contributed by atoms with Crippen molar-refractivity contribution in [3.8, 4) is 0 Å². The van der Waals surface area contributed by atoms with Crippen LogP contribution in [-0.2, 0) is 29.2 Å². The van der Waals surface area contributed by atoms with E-state index >= 15 is 0 Å². The molecule has 1 aliphatic rings. The van der Waals surface area contributed by atoms with Gasteiger partial charge in [-0.25, -0.2) is 0 Å². The zero-order chi connectivity index (χ0) is 17.6. The highest BCUT2D eigenvalue weighted by Gasteiger charge is 2.23. The van der Waals surface area contributed by atoms with Crippen molar-refractivity contribution < 1.29 is 9.53 Å². The lowest BCUT2D eigenvalue weighted by Gasteiger charge is -2.23. The summed E-state index contributed by atoms with van der Waals surface area (Å²) in [6, 6.07) is 8.05. The van der Waals surface area contributed by atoms with Crippen molar-refractivity contribution in [2.45, 2.75) is 19.6 Å². The summed E-state index contributed by atoms with van der Waals surface area (Å²) >= 11 is 0. The topological polar surface area (TPSA) is 63.5 Å². The normalized spacial score (nSPS) is 17.8. The minimum atomic E-state index is -0.0151. The number of hydrogen-bond acceptors (Lipinski definition) is 5. The maximum Gasteiger partial charge on any atom is 0.248 e. The third-order valence-corrected chi connectivity index (χ3v) is 4.33. The maximum atomic E-state index is 11.7. The summed E-state index contributed by atoms with van der Waals surface area (Å²) < 4.78 is 7.71. The van der Waals surface area contributed by atoms with E-state index in [0.29, 0.717) is 6.61 Å². The van der Waals surface area contributed by atoms with E-state index in [9.17, 15) is 4.79 Å². The van der Waals surface area contributed by atoms with Crippen molar-refractivity contribution in [3.05, 3.63) is 48.0 Å². The Morgan fingerprint density at radius 3 is 2.92 bits per heavy atom. The van der Waals surface area contributed by atoms with Crippen molar-refractivity contribution in [3.63, 3.8) is 0 Å². The molecule has 0 saturated carbocycles. The number of hydrogen-bond donors (Lipinski definition) is 0. The summed E-state index contributed by atoms with van der Waals surface area (Å²) in [6.45, 7) is 3.98. The van der Waals surface area contributed by atoms with Crippen LogP contribution in [0.3, 0.4) is 0 Å². The molecular formula is C18H25N5O2. The number of aromatic nitrogens is 3. The van der Waals surface area contributed by atoms with E-state index in [-0.39, 0.29) is 18.4 Å². The van der Waals surface area contributed by atoms with Crippen LogP contribution in [-0.4, -0.2) is 64.3 Å². The second kappa shape index (κ2) is 8.22. The predicted molar refractivity (Wildman–Crippen MR) is 93.6 cm³/mol. The number of pyridine rings is 1. The fraction of sp³-hybridized carbons (Fsp3) is 0.500. The maximum absolute atomic E-state index is 11.7. The lowest BCUT2D eigenvalue weighted by Crippen LogP contribution is -2.32. The van der Waals surface area contributed by atoms with Crippen LogP contribution in [0.15, 0.2) is 36.7 Å². The molecule has 2 aromatic heterocycles. The highest BCUT2D eigenvalue weighted by atomic mass is 16.5. The molecule has 7 nitrogen and oxygen atoms in total. The molecule has 1 amide bonds. The van der Waals surface area contributed by atoms with Crippen LogP contribution in [0.1, 0.15) is 11.4 Å². The van der Waals surface area contributed by atoms with Gasteiger partial charge in [-0.3, -0.25) is 19.4 Å². The Morgan fingerprint density at radius 1 is 1.28 bits per heavy atom. The van der Waals surface area contributed by atoms with Crippen molar-refractivity contribution in [1.29, 1.82) is 0 Å². The molecule has 3 rings (SSSR count). The summed E-state index contributed by atoms with van der Waals surface area (Å²) in [4.78, 5) is 20.0. The highest BCUT2D eigenvalue weighted by Crippen LogP contribution is 2.18. The molecule has 0 unspecified atom stereocenters. The molecule has 1 atom stereocenters. The lowest BCUT2D eigenvalue weighted by molar-refractivity contribution is -0.134. The Bertz CT molecular complexity index is 686. The van der Waals surface area contributed by atoms with Gasteiger partial charge in [-0.2, -0.15) is 5.10 Å². The first-order valence-electron chi connectivity index (χ1n) is 8.52. The monoisotopic (exact) mass is 343 g/mol. The molecule has 0 radical (unpaired) electrons. The number of amides is 1. The number of rotatable bonds is 6. The summed E-state index contributed by atoms with van der Waals surface area (Å²) in [5.74, 6) is 0.263. The van der Waals surface area contributed by atoms with Crippen LogP contribution in [0.25, 0.3) is 0 Å². The SMILES string of the molecule is CN(C)C(=O)COC[C@@H]1CN(Cc2ccccn2)Cc2ccnn2C1. The number of fused-ring (bicyclic) bond motifs is 1. The molecule has 0 spiro atoms. The van der Waals surface area contributed by atoms with Gasteiger partial charge < -0.3 is 9.64 Å². The summed E-state index contributed by atoms with van der Waals surface area (Å²) in [5, 5.41) is 4.42. The molecule has 1 aliphatic heterocycles. The van der Waals surface area contributed by atoms with Crippen molar-refractivity contribution in [1.82, 2.24) is 24.6 Å². The minimum absolute atomic E-state index is 0.0151. The van der Waals surface area contributed by atoms with Gasteiger partial charge in [0.05, 0.1) is 18.0 Å². The van der Waals surface area contributed by atoms with Crippen LogP contribution >= 0.6 is 0 Å². The van der Waals surface area contributed by atoms with E-state index < -0.39 is 0 Å². The average Bonchev–Trinajstić information content (AvgIpc) is 2.95. The minimum Gasteiger partial charge on any atom is -0.371 e. The third-order valence-electron chi connectivity index (χ3n) is 4.33. The van der Waals surface area contributed by atoms with Gasteiger partial charge in [-0.15, -0.1) is 0 Å². The van der Waals surface area contributed by atoms with Crippen molar-refractivity contribution in [2.24, 2.45) is 5.92 Å². The van der Waals surface area contributed by atoms with Gasteiger partial charge in [-0.05, 0) is 18.2 Å². The molecule has 0 aromatic carbocycles. The van der Waals surface area contributed by atoms with E-state index in [1.165, 1.54) is 5.69 Å². The third kappa shape index (κ3) is 4.87. The first-order valence-corrected chi connectivity index (χ1v) is 8.52. The fourth-order valence-electron chi connectivity index (χ4n) is 3.01. The second-order valence-electron chi connectivity index (χ2n) is 6.66. The number of likely N-dealkylation sites (N-methyl/N-ethyl adjacent to an activating group) is 1. The number of carbonyl (C=O) groups excluding carboxylic acids is 1. The largest absolute Gasteiger partial charge is 0.371 e. The van der Waals surface area contributed by atoms with E-state index in [0.717, 1.165) is 31.9 Å². The van der Waals surface area contributed by atoms with Crippen LogP contribution in [0.5, 0.6) is 0 Å². The van der Waals surface area contributed by atoms with Crippen molar-refractivity contribution in [2.75, 3.05) is 33.9 Å². The van der Waals surface area contributed by atoms with Gasteiger partial charge in [0.1, 0.15) is 6.61 Å². The smallest absolute Gasteiger partial charge is 0.248 e. The summed E-state index contributed by atoms with van der Waals surface area (Å²) in [5.41, 5.74) is 2.25. The zero-order valence-corrected chi connectivity index (χ0v) is 14.8. The summed E-state index contributed by atoms with van der Waals surface area (Å²) in [6.07, 6.45) is 3.66. The lowest BCUT2D eigenvalue weighted by atomic mass is 10.1. The highest BCUT2D eigenvalue weighted by molar-refractivity contribution is 5.76. The van der Waals surface area contributed by atoms with Gasteiger partial charge in [0.15, 0.2) is 0 Å². The van der Waals surface area contributed by atoms with Crippen LogP contribution in [0, 0.1) is 5.92 Å². The van der Waals surface area contributed by atoms with Gasteiger partial charge in [0, 0.05) is 58.6 Å². The van der Waals surface area contributed by atoms with Gasteiger partial charge in [-0.1, -0.05) is 6.07 Å². The predicted octanol–water partition coefficient (Wildman–Crippen LogP) is 1.01.